The van der Waals surface area contributed by atoms with Crippen molar-refractivity contribution in [2.75, 3.05) is 0 Å². The zero-order chi connectivity index (χ0) is 12.3. The second-order valence-electron chi connectivity index (χ2n) is 6.87. The Hall–Kier alpha value is -0.830. The van der Waals surface area contributed by atoms with E-state index in [9.17, 15) is 0 Å². The van der Waals surface area contributed by atoms with Crippen molar-refractivity contribution in [3.8, 4) is 0 Å². The maximum Gasteiger partial charge on any atom is 0.0691 e. The van der Waals surface area contributed by atoms with E-state index in [2.05, 4.69) is 17.1 Å². The molecular formula is C15H23N3. The van der Waals surface area contributed by atoms with Crippen LogP contribution in [0.1, 0.15) is 55.0 Å². The Balaban J connectivity index is 1.70. The molecule has 0 spiro atoms. The zero-order valence-electron chi connectivity index (χ0n) is 11.2. The summed E-state index contributed by atoms with van der Waals surface area (Å²) in [6.45, 7) is 2.79. The van der Waals surface area contributed by atoms with E-state index in [0.717, 1.165) is 35.3 Å². The summed E-state index contributed by atoms with van der Waals surface area (Å²) in [4.78, 5) is 0. The average Bonchev–Trinajstić information content (AvgIpc) is 2.70. The minimum Gasteiger partial charge on any atom is -0.325 e. The van der Waals surface area contributed by atoms with Crippen molar-refractivity contribution < 1.29 is 0 Å². The van der Waals surface area contributed by atoms with Crippen molar-refractivity contribution in [3.63, 3.8) is 0 Å². The molecule has 0 amide bonds. The molecule has 0 unspecified atom stereocenters. The summed E-state index contributed by atoms with van der Waals surface area (Å²) in [7, 11) is 0. The molecule has 5 rings (SSSR count). The van der Waals surface area contributed by atoms with Crippen LogP contribution in [-0.4, -0.2) is 10.2 Å². The first-order valence-corrected chi connectivity index (χ1v) is 7.50. The number of nitrogens with two attached hydrogens (primary N) is 1. The lowest BCUT2D eigenvalue weighted by Gasteiger charge is -2.54. The van der Waals surface area contributed by atoms with Crippen molar-refractivity contribution in [1.29, 1.82) is 0 Å². The summed E-state index contributed by atoms with van der Waals surface area (Å²) in [5.41, 5.74) is 9.60. The van der Waals surface area contributed by atoms with Gasteiger partial charge in [-0.15, -0.1) is 0 Å². The normalized spacial score (nSPS) is 41.6. The van der Waals surface area contributed by atoms with Gasteiger partial charge in [0.05, 0.1) is 11.4 Å². The third kappa shape index (κ3) is 1.43. The fourth-order valence-electron chi connectivity index (χ4n) is 5.34. The maximum absolute atomic E-state index is 5.77. The van der Waals surface area contributed by atoms with Crippen LogP contribution in [0, 0.1) is 30.6 Å². The van der Waals surface area contributed by atoms with E-state index in [0.29, 0.717) is 6.54 Å². The maximum atomic E-state index is 5.77. The predicted octanol–water partition coefficient (Wildman–Crippen LogP) is 2.72. The molecule has 1 aromatic heterocycles. The van der Waals surface area contributed by atoms with E-state index in [1.165, 1.54) is 43.4 Å². The standard InChI is InChI=1S/C15H23N3/c1-8-13(7-16)17-18-15(8)14-11-3-9-2-10(5-11)6-12(14)4-9/h9-12,14H,2-7,16H2,1H3,(H,17,18). The zero-order valence-corrected chi connectivity index (χ0v) is 11.2. The molecule has 0 atom stereocenters. The highest BCUT2D eigenvalue weighted by molar-refractivity contribution is 5.29. The number of hydrogen-bond donors (Lipinski definition) is 2. The molecule has 3 nitrogen and oxygen atoms in total. The molecule has 4 aliphatic carbocycles. The molecule has 1 aromatic rings. The topological polar surface area (TPSA) is 54.7 Å². The van der Waals surface area contributed by atoms with Crippen molar-refractivity contribution in [2.24, 2.45) is 29.4 Å². The van der Waals surface area contributed by atoms with Crippen LogP contribution in [0.3, 0.4) is 0 Å². The third-order valence-electron chi connectivity index (χ3n) is 5.89. The molecule has 0 radical (unpaired) electrons. The molecule has 1 heterocycles. The minimum atomic E-state index is 0.589. The van der Waals surface area contributed by atoms with Crippen LogP contribution in [-0.2, 0) is 6.54 Å². The molecule has 3 heteroatoms. The summed E-state index contributed by atoms with van der Waals surface area (Å²) in [5.74, 6) is 4.63. The van der Waals surface area contributed by atoms with E-state index in [-0.39, 0.29) is 0 Å². The molecule has 98 valence electrons. The smallest absolute Gasteiger partial charge is 0.0691 e. The number of rotatable bonds is 2. The van der Waals surface area contributed by atoms with E-state index < -0.39 is 0 Å². The van der Waals surface area contributed by atoms with Gasteiger partial charge in [0.1, 0.15) is 0 Å². The Labute approximate surface area is 109 Å². The van der Waals surface area contributed by atoms with Crippen molar-refractivity contribution in [2.45, 2.75) is 51.5 Å². The molecule has 4 fully saturated rings. The molecule has 4 bridgehead atoms. The quantitative estimate of drug-likeness (QED) is 0.841. The molecule has 4 aliphatic rings. The fraction of sp³-hybridized carbons (Fsp3) is 0.800. The number of nitrogens with zero attached hydrogens (tertiary/aromatic N) is 1. The lowest BCUT2D eigenvalue weighted by molar-refractivity contribution is -0.00437. The average molecular weight is 245 g/mol. The highest BCUT2D eigenvalue weighted by Crippen LogP contribution is 2.59. The first-order valence-electron chi connectivity index (χ1n) is 7.50. The van der Waals surface area contributed by atoms with Crippen LogP contribution in [0.4, 0.5) is 0 Å². The first kappa shape index (κ1) is 11.0. The Kier molecular flexibility index (Phi) is 2.35. The molecule has 4 saturated carbocycles. The van der Waals surface area contributed by atoms with Gasteiger partial charge in [-0.1, -0.05) is 0 Å². The highest BCUT2D eigenvalue weighted by atomic mass is 15.1. The van der Waals surface area contributed by atoms with Crippen molar-refractivity contribution in [1.82, 2.24) is 10.2 Å². The second kappa shape index (κ2) is 3.83. The van der Waals surface area contributed by atoms with Gasteiger partial charge in [-0.2, -0.15) is 5.10 Å². The van der Waals surface area contributed by atoms with Crippen LogP contribution in [0.5, 0.6) is 0 Å². The fourth-order valence-corrected chi connectivity index (χ4v) is 5.34. The van der Waals surface area contributed by atoms with Crippen LogP contribution in [0.2, 0.25) is 0 Å². The second-order valence-corrected chi connectivity index (χ2v) is 6.87. The summed E-state index contributed by atoms with van der Waals surface area (Å²) in [6.07, 6.45) is 7.36. The van der Waals surface area contributed by atoms with Crippen molar-refractivity contribution in [3.05, 3.63) is 17.0 Å². The lowest BCUT2D eigenvalue weighted by atomic mass is 9.51. The third-order valence-corrected chi connectivity index (χ3v) is 5.89. The molecule has 0 aromatic carbocycles. The lowest BCUT2D eigenvalue weighted by Crippen LogP contribution is -2.44. The largest absolute Gasteiger partial charge is 0.325 e. The highest BCUT2D eigenvalue weighted by Gasteiger charge is 2.49. The molecule has 0 aliphatic heterocycles. The Bertz CT molecular complexity index is 434. The summed E-state index contributed by atoms with van der Waals surface area (Å²) < 4.78 is 0. The Morgan fingerprint density at radius 2 is 1.72 bits per heavy atom. The van der Waals surface area contributed by atoms with Gasteiger partial charge in [0.25, 0.3) is 0 Å². The van der Waals surface area contributed by atoms with Crippen LogP contribution in [0.15, 0.2) is 0 Å². The Morgan fingerprint density at radius 1 is 1.11 bits per heavy atom. The molecule has 18 heavy (non-hydrogen) atoms. The van der Waals surface area contributed by atoms with Gasteiger partial charge in [0.2, 0.25) is 0 Å². The van der Waals surface area contributed by atoms with Crippen LogP contribution in [0.25, 0.3) is 0 Å². The number of aromatic amines is 1. The number of aromatic nitrogens is 2. The van der Waals surface area contributed by atoms with E-state index >= 15 is 0 Å². The van der Waals surface area contributed by atoms with Crippen LogP contribution < -0.4 is 5.73 Å². The predicted molar refractivity (Wildman–Crippen MR) is 71.0 cm³/mol. The van der Waals surface area contributed by atoms with E-state index in [4.69, 9.17) is 5.73 Å². The van der Waals surface area contributed by atoms with Gasteiger partial charge in [-0.25, -0.2) is 0 Å². The van der Waals surface area contributed by atoms with Gasteiger partial charge < -0.3 is 5.73 Å². The SMILES string of the molecule is Cc1c(C2C3CC4CC(C3)CC2C4)n[nH]c1CN. The van der Waals surface area contributed by atoms with Crippen molar-refractivity contribution >= 4 is 0 Å². The van der Waals surface area contributed by atoms with Gasteiger partial charge in [0.15, 0.2) is 0 Å². The Morgan fingerprint density at radius 3 is 2.22 bits per heavy atom. The molecule has 0 saturated heterocycles. The van der Waals surface area contributed by atoms with Crippen LogP contribution >= 0.6 is 0 Å². The van der Waals surface area contributed by atoms with E-state index in [1.54, 1.807) is 0 Å². The van der Waals surface area contributed by atoms with E-state index in [1.807, 2.05) is 0 Å². The van der Waals surface area contributed by atoms with Gasteiger partial charge >= 0.3 is 0 Å². The molecular weight excluding hydrogens is 222 g/mol. The van der Waals surface area contributed by atoms with Gasteiger partial charge in [0, 0.05) is 12.5 Å². The number of H-pyrrole nitrogens is 1. The van der Waals surface area contributed by atoms with Gasteiger partial charge in [-0.05, 0) is 68.3 Å². The number of hydrogen-bond acceptors (Lipinski definition) is 2. The first-order chi connectivity index (χ1) is 8.76. The molecule has 3 N–H and O–H groups in total. The van der Waals surface area contributed by atoms with Gasteiger partial charge in [-0.3, -0.25) is 5.10 Å². The monoisotopic (exact) mass is 245 g/mol. The summed E-state index contributed by atoms with van der Waals surface area (Å²) in [5, 5.41) is 7.79. The summed E-state index contributed by atoms with van der Waals surface area (Å²) >= 11 is 0. The summed E-state index contributed by atoms with van der Waals surface area (Å²) in [6, 6.07) is 0. The number of nitrogens with one attached hydrogen (secondary N) is 1. The minimum absolute atomic E-state index is 0.589.